The van der Waals surface area contributed by atoms with E-state index in [1.54, 1.807) is 36.5 Å². The molecule has 0 fully saturated rings. The predicted molar refractivity (Wildman–Crippen MR) is 99.8 cm³/mol. The van der Waals surface area contributed by atoms with Gasteiger partial charge in [0.2, 0.25) is 0 Å². The van der Waals surface area contributed by atoms with Crippen LogP contribution in [0.2, 0.25) is 0 Å². The van der Waals surface area contributed by atoms with Gasteiger partial charge in [-0.05, 0) is 42.5 Å². The van der Waals surface area contributed by atoms with Crippen LogP contribution in [0.15, 0.2) is 55.0 Å². The summed E-state index contributed by atoms with van der Waals surface area (Å²) in [5, 5.41) is 9.39. The number of H-pyrrole nitrogens is 1. The number of carbonyl (C=O) groups is 1. The Labute approximate surface area is 157 Å². The van der Waals surface area contributed by atoms with E-state index in [4.69, 9.17) is 5.26 Å². The Morgan fingerprint density at radius 1 is 1.26 bits per heavy atom. The third kappa shape index (κ3) is 3.41. The van der Waals surface area contributed by atoms with E-state index in [0.717, 1.165) is 5.69 Å². The van der Waals surface area contributed by atoms with Crippen molar-refractivity contribution in [2.75, 3.05) is 4.90 Å². The van der Waals surface area contributed by atoms with Gasteiger partial charge >= 0.3 is 0 Å². The van der Waals surface area contributed by atoms with E-state index in [2.05, 4.69) is 15.0 Å². The Bertz CT molecular complexity index is 1150. The molecule has 0 radical (unpaired) electrons. The second-order valence-electron chi connectivity index (χ2n) is 5.77. The topological polar surface area (TPSA) is 85.7 Å². The van der Waals surface area contributed by atoms with E-state index in [9.17, 15) is 9.18 Å². The molecule has 0 saturated carbocycles. The fourth-order valence-electron chi connectivity index (χ4n) is 2.61. The number of fused-ring (bicyclic) bond motifs is 1. The van der Waals surface area contributed by atoms with Gasteiger partial charge in [-0.1, -0.05) is 11.3 Å². The first kappa shape index (κ1) is 16.9. The molecule has 1 N–H and O–H groups in total. The number of amides is 1. The zero-order chi connectivity index (χ0) is 18.8. The normalized spacial score (nSPS) is 10.7. The lowest BCUT2D eigenvalue weighted by atomic mass is 10.1. The molecule has 4 rings (SSSR count). The SMILES string of the molecule is N#Cc1ccc(C(=O)N(Cc2cnc[nH]2)c2nc3ccc(F)cc3s2)cc1. The summed E-state index contributed by atoms with van der Waals surface area (Å²) in [7, 11) is 0. The van der Waals surface area contributed by atoms with Crippen LogP contribution in [0.3, 0.4) is 0 Å². The summed E-state index contributed by atoms with van der Waals surface area (Å²) >= 11 is 1.24. The smallest absolute Gasteiger partial charge is 0.260 e. The average Bonchev–Trinajstić information content (AvgIpc) is 3.34. The predicted octanol–water partition coefficient (Wildman–Crippen LogP) is 3.88. The number of nitrogens with zero attached hydrogens (tertiary/aromatic N) is 4. The van der Waals surface area contributed by atoms with Gasteiger partial charge in [0.1, 0.15) is 5.82 Å². The summed E-state index contributed by atoms with van der Waals surface area (Å²) in [5.74, 6) is -0.621. The maximum atomic E-state index is 13.5. The number of hydrogen-bond donors (Lipinski definition) is 1. The first-order valence-electron chi connectivity index (χ1n) is 7.99. The summed E-state index contributed by atoms with van der Waals surface area (Å²) < 4.78 is 14.2. The second kappa shape index (κ2) is 6.97. The number of halogens is 1. The third-order valence-corrected chi connectivity index (χ3v) is 5.00. The average molecular weight is 377 g/mol. The molecule has 0 unspecified atom stereocenters. The lowest BCUT2D eigenvalue weighted by molar-refractivity contribution is 0.0985. The molecular formula is C19H12FN5OS. The van der Waals surface area contributed by atoms with Gasteiger partial charge < -0.3 is 4.98 Å². The van der Waals surface area contributed by atoms with Crippen LogP contribution < -0.4 is 4.90 Å². The molecular weight excluding hydrogens is 365 g/mol. The lowest BCUT2D eigenvalue weighted by Crippen LogP contribution is -2.30. The number of aromatic nitrogens is 3. The van der Waals surface area contributed by atoms with Crippen LogP contribution in [-0.2, 0) is 6.54 Å². The molecule has 8 heteroatoms. The molecule has 2 heterocycles. The van der Waals surface area contributed by atoms with E-state index in [1.807, 2.05) is 6.07 Å². The fourth-order valence-corrected chi connectivity index (χ4v) is 3.60. The molecule has 0 aliphatic rings. The number of nitriles is 1. The molecule has 132 valence electrons. The van der Waals surface area contributed by atoms with Gasteiger partial charge in [-0.2, -0.15) is 5.26 Å². The number of hydrogen-bond acceptors (Lipinski definition) is 5. The minimum atomic E-state index is -0.351. The summed E-state index contributed by atoms with van der Waals surface area (Å²) in [6, 6.07) is 12.8. The highest BCUT2D eigenvalue weighted by molar-refractivity contribution is 7.22. The highest BCUT2D eigenvalue weighted by Crippen LogP contribution is 2.31. The van der Waals surface area contributed by atoms with Gasteiger partial charge in [-0.25, -0.2) is 14.4 Å². The van der Waals surface area contributed by atoms with Crippen molar-refractivity contribution in [3.8, 4) is 6.07 Å². The molecule has 0 bridgehead atoms. The van der Waals surface area contributed by atoms with E-state index in [1.165, 1.54) is 34.7 Å². The lowest BCUT2D eigenvalue weighted by Gasteiger charge is -2.19. The minimum absolute atomic E-state index is 0.237. The number of aromatic amines is 1. The number of thiazole rings is 1. The fraction of sp³-hybridized carbons (Fsp3) is 0.0526. The maximum absolute atomic E-state index is 13.5. The second-order valence-corrected chi connectivity index (χ2v) is 6.77. The van der Waals surface area contributed by atoms with Crippen molar-refractivity contribution in [3.05, 3.63) is 77.6 Å². The molecule has 1 amide bonds. The Hall–Kier alpha value is -3.57. The molecule has 0 aliphatic carbocycles. The monoisotopic (exact) mass is 377 g/mol. The van der Waals surface area contributed by atoms with Crippen molar-refractivity contribution in [1.29, 1.82) is 5.26 Å². The zero-order valence-electron chi connectivity index (χ0n) is 13.9. The van der Waals surface area contributed by atoms with Crippen molar-refractivity contribution in [2.45, 2.75) is 6.54 Å². The number of carbonyl (C=O) groups excluding carboxylic acids is 1. The summed E-state index contributed by atoms with van der Waals surface area (Å²) in [5.41, 5.74) is 2.27. The number of anilines is 1. The van der Waals surface area contributed by atoms with Crippen LogP contribution in [-0.4, -0.2) is 20.9 Å². The van der Waals surface area contributed by atoms with Crippen molar-refractivity contribution in [3.63, 3.8) is 0 Å². The van der Waals surface area contributed by atoms with E-state index in [-0.39, 0.29) is 18.3 Å². The summed E-state index contributed by atoms with van der Waals surface area (Å²) in [6.07, 6.45) is 3.17. The van der Waals surface area contributed by atoms with Gasteiger partial charge in [0.25, 0.3) is 5.91 Å². The number of nitrogens with one attached hydrogen (secondary N) is 1. The van der Waals surface area contributed by atoms with Crippen LogP contribution in [0, 0.1) is 17.1 Å². The molecule has 0 spiro atoms. The van der Waals surface area contributed by atoms with Crippen LogP contribution in [0.5, 0.6) is 0 Å². The van der Waals surface area contributed by atoms with Gasteiger partial charge in [0.05, 0.1) is 40.4 Å². The molecule has 0 aliphatic heterocycles. The van der Waals surface area contributed by atoms with Crippen LogP contribution in [0.1, 0.15) is 21.6 Å². The summed E-state index contributed by atoms with van der Waals surface area (Å²) in [4.78, 5) is 26.1. The molecule has 6 nitrogen and oxygen atoms in total. The van der Waals surface area contributed by atoms with Crippen LogP contribution in [0.25, 0.3) is 10.2 Å². The standard InChI is InChI=1S/C19H12FN5OS/c20-14-5-6-16-17(7-14)27-19(24-16)25(10-15-9-22-11-23-15)18(26)13-3-1-12(8-21)2-4-13/h1-7,9,11H,10H2,(H,22,23). The van der Waals surface area contributed by atoms with E-state index < -0.39 is 0 Å². The first-order chi connectivity index (χ1) is 13.1. The largest absolute Gasteiger partial charge is 0.347 e. The van der Waals surface area contributed by atoms with Crippen LogP contribution in [0.4, 0.5) is 9.52 Å². The van der Waals surface area contributed by atoms with Gasteiger partial charge in [0, 0.05) is 11.8 Å². The van der Waals surface area contributed by atoms with Gasteiger partial charge in [0.15, 0.2) is 5.13 Å². The first-order valence-corrected chi connectivity index (χ1v) is 8.81. The number of benzene rings is 2. The molecule has 2 aromatic heterocycles. The highest BCUT2D eigenvalue weighted by atomic mass is 32.1. The van der Waals surface area contributed by atoms with E-state index >= 15 is 0 Å². The van der Waals surface area contributed by atoms with Gasteiger partial charge in [-0.15, -0.1) is 0 Å². The Morgan fingerprint density at radius 2 is 2.07 bits per heavy atom. The maximum Gasteiger partial charge on any atom is 0.260 e. The highest BCUT2D eigenvalue weighted by Gasteiger charge is 2.22. The molecule has 0 saturated heterocycles. The zero-order valence-corrected chi connectivity index (χ0v) is 14.7. The van der Waals surface area contributed by atoms with Crippen LogP contribution >= 0.6 is 11.3 Å². The van der Waals surface area contributed by atoms with Gasteiger partial charge in [-0.3, -0.25) is 9.69 Å². The van der Waals surface area contributed by atoms with E-state index in [0.29, 0.717) is 26.5 Å². The van der Waals surface area contributed by atoms with Crippen molar-refractivity contribution >= 4 is 32.6 Å². The third-order valence-electron chi connectivity index (χ3n) is 3.96. The van der Waals surface area contributed by atoms with Crippen molar-refractivity contribution in [2.24, 2.45) is 0 Å². The Morgan fingerprint density at radius 3 is 2.78 bits per heavy atom. The van der Waals surface area contributed by atoms with Crippen molar-refractivity contribution in [1.82, 2.24) is 15.0 Å². The molecule has 0 atom stereocenters. The molecule has 2 aromatic carbocycles. The quantitative estimate of drug-likeness (QED) is 0.585. The Balaban J connectivity index is 1.75. The molecule has 27 heavy (non-hydrogen) atoms. The number of rotatable bonds is 4. The number of imidazole rings is 1. The Kier molecular flexibility index (Phi) is 4.36. The van der Waals surface area contributed by atoms with Crippen molar-refractivity contribution < 1.29 is 9.18 Å². The molecule has 4 aromatic rings. The minimum Gasteiger partial charge on any atom is -0.347 e. The summed E-state index contributed by atoms with van der Waals surface area (Å²) in [6.45, 7) is 0.237.